The van der Waals surface area contributed by atoms with Crippen LogP contribution in [-0.2, 0) is 4.74 Å². The van der Waals surface area contributed by atoms with E-state index in [1.165, 1.54) is 0 Å². The molecule has 0 aromatic carbocycles. The average Bonchev–Trinajstić information content (AvgIpc) is 2.45. The lowest BCUT2D eigenvalue weighted by Gasteiger charge is -2.21. The number of hydrogen-bond donors (Lipinski definition) is 1. The molecule has 1 unspecified atom stereocenters. The van der Waals surface area contributed by atoms with Gasteiger partial charge in [-0.1, -0.05) is 13.8 Å². The van der Waals surface area contributed by atoms with E-state index in [2.05, 4.69) is 9.88 Å². The number of pyridine rings is 1. The molecule has 0 aliphatic rings. The minimum Gasteiger partial charge on any atom is -0.490 e. The topological polar surface area (TPSA) is 60.6 Å². The molecule has 1 aromatic heterocycles. The highest BCUT2D eigenvalue weighted by Gasteiger charge is 2.07. The van der Waals surface area contributed by atoms with Gasteiger partial charge in [0.2, 0.25) is 0 Å². The Morgan fingerprint density at radius 3 is 2.65 bits per heavy atom. The minimum atomic E-state index is -0.0210. The number of nitrogens with zero attached hydrogens (tertiary/aromatic N) is 2. The van der Waals surface area contributed by atoms with E-state index in [1.807, 2.05) is 33.9 Å². The Morgan fingerprint density at radius 1 is 1.35 bits per heavy atom. The molecule has 0 bridgehead atoms. The Morgan fingerprint density at radius 2 is 2.05 bits per heavy atom. The van der Waals surface area contributed by atoms with Crippen LogP contribution in [0.5, 0.6) is 5.75 Å². The minimum absolute atomic E-state index is 0.0210. The van der Waals surface area contributed by atoms with E-state index in [9.17, 15) is 0 Å². The molecule has 0 fully saturated rings. The lowest BCUT2D eigenvalue weighted by Crippen LogP contribution is -2.40. The molecule has 116 valence electrons. The largest absolute Gasteiger partial charge is 0.490 e. The third-order valence-corrected chi connectivity index (χ3v) is 2.54. The van der Waals surface area contributed by atoms with E-state index < -0.39 is 0 Å². The summed E-state index contributed by atoms with van der Waals surface area (Å²) in [5.41, 5.74) is 7.09. The monoisotopic (exact) mass is 283 g/mol. The number of nitrogens with two attached hydrogens (primary N) is 1. The highest BCUT2D eigenvalue weighted by Crippen LogP contribution is 2.10. The van der Waals surface area contributed by atoms with Crippen molar-refractivity contribution in [3.8, 4) is 5.75 Å². The molecule has 1 atom stereocenters. The SMILES string of the molecule is CC.COCCN(C)CC(N)COc1cncc(C)c1. The van der Waals surface area contributed by atoms with E-state index in [1.54, 1.807) is 19.5 Å². The maximum atomic E-state index is 6.00. The van der Waals surface area contributed by atoms with Crippen molar-refractivity contribution in [2.45, 2.75) is 26.8 Å². The van der Waals surface area contributed by atoms with Crippen molar-refractivity contribution in [1.29, 1.82) is 0 Å². The number of likely N-dealkylation sites (N-methyl/N-ethyl adjacent to an activating group) is 1. The predicted octanol–water partition coefficient (Wildman–Crippen LogP) is 1.70. The van der Waals surface area contributed by atoms with E-state index in [4.69, 9.17) is 15.2 Å². The van der Waals surface area contributed by atoms with Gasteiger partial charge in [0.05, 0.1) is 18.8 Å². The number of ether oxygens (including phenoxy) is 2. The molecule has 2 N–H and O–H groups in total. The first kappa shape index (κ1) is 18.8. The van der Waals surface area contributed by atoms with E-state index in [0.29, 0.717) is 13.2 Å². The summed E-state index contributed by atoms with van der Waals surface area (Å²) in [5.74, 6) is 0.769. The van der Waals surface area contributed by atoms with Crippen molar-refractivity contribution in [2.75, 3.05) is 40.5 Å². The highest BCUT2D eigenvalue weighted by molar-refractivity contribution is 5.22. The van der Waals surface area contributed by atoms with Crippen LogP contribution in [0, 0.1) is 6.92 Å². The van der Waals surface area contributed by atoms with Crippen molar-refractivity contribution in [2.24, 2.45) is 5.73 Å². The summed E-state index contributed by atoms with van der Waals surface area (Å²) in [4.78, 5) is 6.20. The summed E-state index contributed by atoms with van der Waals surface area (Å²) in [7, 11) is 3.72. The van der Waals surface area contributed by atoms with Crippen LogP contribution in [-0.4, -0.2) is 56.4 Å². The van der Waals surface area contributed by atoms with E-state index >= 15 is 0 Å². The number of rotatable bonds is 8. The molecule has 0 aliphatic heterocycles. The Labute approximate surface area is 123 Å². The fourth-order valence-electron chi connectivity index (χ4n) is 1.60. The number of aromatic nitrogens is 1. The maximum Gasteiger partial charge on any atom is 0.137 e. The summed E-state index contributed by atoms with van der Waals surface area (Å²) in [6.45, 7) is 8.84. The molecule has 0 saturated heterocycles. The molecule has 1 rings (SSSR count). The van der Waals surface area contributed by atoms with Crippen LogP contribution in [0.2, 0.25) is 0 Å². The van der Waals surface area contributed by atoms with Gasteiger partial charge in [0, 0.05) is 26.4 Å². The average molecular weight is 283 g/mol. The van der Waals surface area contributed by atoms with Crippen LogP contribution in [0.4, 0.5) is 0 Å². The van der Waals surface area contributed by atoms with Gasteiger partial charge in [-0.2, -0.15) is 0 Å². The second kappa shape index (κ2) is 11.6. The van der Waals surface area contributed by atoms with Crippen LogP contribution in [0.15, 0.2) is 18.5 Å². The quantitative estimate of drug-likeness (QED) is 0.787. The van der Waals surface area contributed by atoms with Gasteiger partial charge in [0.1, 0.15) is 12.4 Å². The zero-order valence-electron chi connectivity index (χ0n) is 13.4. The van der Waals surface area contributed by atoms with Gasteiger partial charge < -0.3 is 20.1 Å². The standard InChI is InChI=1S/C13H23N3O2.C2H6/c1-11-6-13(8-15-7-11)18-10-12(14)9-16(2)4-5-17-3;1-2/h6-8,12H,4-5,9-10,14H2,1-3H3;1-2H3. The Kier molecular flexibility index (Phi) is 11.0. The van der Waals surface area contributed by atoms with Crippen LogP contribution in [0.3, 0.4) is 0 Å². The number of aryl methyl sites for hydroxylation is 1. The van der Waals surface area contributed by atoms with Crippen molar-refractivity contribution in [1.82, 2.24) is 9.88 Å². The number of methoxy groups -OCH3 is 1. The summed E-state index contributed by atoms with van der Waals surface area (Å²) >= 11 is 0. The fourth-order valence-corrected chi connectivity index (χ4v) is 1.60. The van der Waals surface area contributed by atoms with Crippen molar-refractivity contribution < 1.29 is 9.47 Å². The first-order valence-corrected chi connectivity index (χ1v) is 7.09. The first-order valence-electron chi connectivity index (χ1n) is 7.09. The Balaban J connectivity index is 0.00000172. The molecule has 5 heteroatoms. The molecule has 0 aliphatic carbocycles. The van der Waals surface area contributed by atoms with Crippen LogP contribution in [0.25, 0.3) is 0 Å². The molecule has 0 radical (unpaired) electrons. The van der Waals surface area contributed by atoms with Gasteiger partial charge in [-0.3, -0.25) is 4.98 Å². The smallest absolute Gasteiger partial charge is 0.137 e. The van der Waals surface area contributed by atoms with Gasteiger partial charge in [-0.25, -0.2) is 0 Å². The second-order valence-electron chi connectivity index (χ2n) is 4.52. The lowest BCUT2D eigenvalue weighted by molar-refractivity contribution is 0.152. The molecular weight excluding hydrogens is 254 g/mol. The normalized spacial score (nSPS) is 11.8. The predicted molar refractivity (Wildman–Crippen MR) is 83.2 cm³/mol. The molecule has 0 saturated carbocycles. The third-order valence-electron chi connectivity index (χ3n) is 2.54. The van der Waals surface area contributed by atoms with Crippen molar-refractivity contribution in [3.63, 3.8) is 0 Å². The molecule has 5 nitrogen and oxygen atoms in total. The third kappa shape index (κ3) is 8.85. The van der Waals surface area contributed by atoms with Crippen LogP contribution >= 0.6 is 0 Å². The van der Waals surface area contributed by atoms with Crippen LogP contribution in [0.1, 0.15) is 19.4 Å². The fraction of sp³-hybridized carbons (Fsp3) is 0.667. The lowest BCUT2D eigenvalue weighted by atomic mass is 10.3. The molecule has 20 heavy (non-hydrogen) atoms. The summed E-state index contributed by atoms with van der Waals surface area (Å²) in [6.07, 6.45) is 3.50. The summed E-state index contributed by atoms with van der Waals surface area (Å²) in [6, 6.07) is 1.93. The Hall–Kier alpha value is -1.17. The zero-order valence-corrected chi connectivity index (χ0v) is 13.4. The van der Waals surface area contributed by atoms with Crippen molar-refractivity contribution in [3.05, 3.63) is 24.0 Å². The highest BCUT2D eigenvalue weighted by atomic mass is 16.5. The number of hydrogen-bond acceptors (Lipinski definition) is 5. The van der Waals surface area contributed by atoms with Crippen LogP contribution < -0.4 is 10.5 Å². The summed E-state index contributed by atoms with van der Waals surface area (Å²) in [5, 5.41) is 0. The molecule has 1 aromatic rings. The van der Waals surface area contributed by atoms with Gasteiger partial charge in [0.25, 0.3) is 0 Å². The van der Waals surface area contributed by atoms with E-state index in [-0.39, 0.29) is 6.04 Å². The van der Waals surface area contributed by atoms with Gasteiger partial charge in [-0.15, -0.1) is 0 Å². The molecular formula is C15H29N3O2. The van der Waals surface area contributed by atoms with Gasteiger partial charge in [-0.05, 0) is 25.6 Å². The Bertz CT molecular complexity index is 348. The first-order chi connectivity index (χ1) is 9.61. The van der Waals surface area contributed by atoms with E-state index in [0.717, 1.165) is 24.4 Å². The molecule has 0 amide bonds. The second-order valence-corrected chi connectivity index (χ2v) is 4.52. The summed E-state index contributed by atoms with van der Waals surface area (Å²) < 4.78 is 10.6. The van der Waals surface area contributed by atoms with Gasteiger partial charge in [0.15, 0.2) is 0 Å². The zero-order chi connectivity index (χ0) is 15.4. The molecule has 0 spiro atoms. The van der Waals surface area contributed by atoms with Gasteiger partial charge >= 0.3 is 0 Å². The maximum absolute atomic E-state index is 6.00. The van der Waals surface area contributed by atoms with Crippen molar-refractivity contribution >= 4 is 0 Å². The molecule has 1 heterocycles.